The number of nitrogens with zero attached hydrogens (tertiary/aromatic N) is 1. The van der Waals surface area contributed by atoms with Crippen molar-refractivity contribution in [3.8, 4) is 11.8 Å². The highest BCUT2D eigenvalue weighted by atomic mass is 32.1. The second kappa shape index (κ2) is 3.91. The van der Waals surface area contributed by atoms with Gasteiger partial charge in [-0.1, -0.05) is 12.2 Å². The quantitative estimate of drug-likeness (QED) is 0.632. The summed E-state index contributed by atoms with van der Waals surface area (Å²) in [7, 11) is 0. The van der Waals surface area contributed by atoms with Crippen molar-refractivity contribution < 1.29 is 19.8 Å². The van der Waals surface area contributed by atoms with Gasteiger partial charge in [0.25, 0.3) is 0 Å². The van der Waals surface area contributed by atoms with E-state index >= 15 is 0 Å². The molecule has 0 spiro atoms. The average molecular weight is 267 g/mol. The van der Waals surface area contributed by atoms with Gasteiger partial charge in [-0.25, -0.2) is 0 Å². The fraction of sp³-hybridized carbons (Fsp3) is 0.417. The lowest BCUT2D eigenvalue weighted by molar-refractivity contribution is 0.130. The van der Waals surface area contributed by atoms with Gasteiger partial charge in [-0.2, -0.15) is 0 Å². The summed E-state index contributed by atoms with van der Waals surface area (Å²) >= 11 is 4.83. The number of hydrogen-bond acceptors (Lipinski definition) is 5. The molecule has 2 N–H and O–H groups in total. The van der Waals surface area contributed by atoms with Crippen LogP contribution in [-0.2, 0) is 4.74 Å². The normalized spacial score (nSPS) is 23.2. The number of rotatable bonds is 2. The predicted molar refractivity (Wildman–Crippen MR) is 67.8 cm³/mol. The second-order valence-corrected chi connectivity index (χ2v) is 4.71. The Bertz CT molecular complexity index is 513. The summed E-state index contributed by atoms with van der Waals surface area (Å²) in [6.07, 6.45) is 4.98. The van der Waals surface area contributed by atoms with Crippen LogP contribution in [0.25, 0.3) is 0 Å². The molecule has 1 heterocycles. The number of hydrogen-bond donors (Lipinski definition) is 2. The molecule has 2 atom stereocenters. The molecule has 0 amide bonds. The first-order chi connectivity index (χ1) is 8.63. The number of fused-ring (bicyclic) bond motifs is 5. The van der Waals surface area contributed by atoms with E-state index in [-0.39, 0.29) is 28.8 Å². The van der Waals surface area contributed by atoms with Crippen molar-refractivity contribution >= 4 is 17.5 Å². The van der Waals surface area contributed by atoms with Crippen molar-refractivity contribution in [3.05, 3.63) is 23.3 Å². The lowest BCUT2D eigenvalue weighted by Gasteiger charge is -2.10. The third-order valence-electron chi connectivity index (χ3n) is 3.41. The van der Waals surface area contributed by atoms with Gasteiger partial charge in [0.2, 0.25) is 11.8 Å². The van der Waals surface area contributed by atoms with E-state index < -0.39 is 0 Å². The van der Waals surface area contributed by atoms with Crippen molar-refractivity contribution in [3.63, 3.8) is 0 Å². The van der Waals surface area contributed by atoms with Crippen LogP contribution in [0.3, 0.4) is 0 Å². The summed E-state index contributed by atoms with van der Waals surface area (Å²) in [5.41, 5.74) is 1.47. The van der Waals surface area contributed by atoms with Crippen LogP contribution < -0.4 is 4.84 Å². The fourth-order valence-electron chi connectivity index (χ4n) is 2.72. The van der Waals surface area contributed by atoms with E-state index in [1.165, 1.54) is 0 Å². The van der Waals surface area contributed by atoms with Crippen molar-refractivity contribution in [2.75, 3.05) is 6.61 Å². The van der Waals surface area contributed by atoms with Gasteiger partial charge in [0.05, 0.1) is 6.61 Å². The molecule has 0 fully saturated rings. The molecule has 18 heavy (non-hydrogen) atoms. The van der Waals surface area contributed by atoms with Crippen molar-refractivity contribution in [2.24, 2.45) is 0 Å². The first kappa shape index (κ1) is 11.4. The Morgan fingerprint density at radius 1 is 1.33 bits per heavy atom. The maximum Gasteiger partial charge on any atom is 0.378 e. The van der Waals surface area contributed by atoms with E-state index in [1.807, 2.05) is 12.2 Å². The van der Waals surface area contributed by atoms with Gasteiger partial charge in [0.1, 0.15) is 0 Å². The Kier molecular flexibility index (Phi) is 2.48. The zero-order valence-electron chi connectivity index (χ0n) is 9.79. The number of ether oxygens (including phenoxy) is 1. The smallest absolute Gasteiger partial charge is 0.378 e. The summed E-state index contributed by atoms with van der Waals surface area (Å²) in [6.45, 7) is 2.14. The number of aromatic nitrogens is 1. The standard InChI is InChI=1S/C12H13NO4S/c1-2-16-12(18)17-13-10(14)8-6-3-4-7(5-6)9(8)11(13)15/h3-4,6-7,14-15H,2,5H2,1H3. The number of allylic oxidation sites excluding steroid dienone is 2. The van der Waals surface area contributed by atoms with Crippen molar-refractivity contribution in [1.82, 2.24) is 4.73 Å². The fourth-order valence-corrected chi connectivity index (χ4v) is 2.92. The van der Waals surface area contributed by atoms with Gasteiger partial charge >= 0.3 is 5.24 Å². The van der Waals surface area contributed by atoms with Crippen molar-refractivity contribution in [1.29, 1.82) is 0 Å². The van der Waals surface area contributed by atoms with Gasteiger partial charge in [-0.15, -0.1) is 4.73 Å². The summed E-state index contributed by atoms with van der Waals surface area (Å²) in [5, 5.41) is 20.1. The van der Waals surface area contributed by atoms with Gasteiger partial charge in [0.15, 0.2) is 0 Å². The summed E-state index contributed by atoms with van der Waals surface area (Å²) < 4.78 is 5.92. The highest BCUT2D eigenvalue weighted by molar-refractivity contribution is 7.79. The highest BCUT2D eigenvalue weighted by Gasteiger charge is 2.41. The zero-order valence-corrected chi connectivity index (χ0v) is 10.6. The van der Waals surface area contributed by atoms with Crippen molar-refractivity contribution in [2.45, 2.75) is 25.2 Å². The Morgan fingerprint density at radius 2 is 1.89 bits per heavy atom. The molecule has 3 rings (SSSR count). The Morgan fingerprint density at radius 3 is 2.39 bits per heavy atom. The number of thiocarbonyl (C=S) groups is 1. The molecule has 0 aromatic carbocycles. The minimum Gasteiger partial charge on any atom is -0.492 e. The maximum absolute atomic E-state index is 10.1. The molecule has 0 saturated carbocycles. The molecule has 5 nitrogen and oxygen atoms in total. The minimum absolute atomic E-state index is 0.0959. The monoisotopic (exact) mass is 267 g/mol. The van der Waals surface area contributed by atoms with E-state index in [0.717, 1.165) is 22.3 Å². The van der Waals surface area contributed by atoms with Crippen LogP contribution in [0.4, 0.5) is 0 Å². The topological polar surface area (TPSA) is 63.9 Å². The van der Waals surface area contributed by atoms with Crippen LogP contribution in [-0.4, -0.2) is 26.8 Å². The summed E-state index contributed by atoms with van der Waals surface area (Å²) in [5.74, 6) is 0.116. The molecule has 1 aromatic heterocycles. The van der Waals surface area contributed by atoms with E-state index in [9.17, 15) is 10.2 Å². The predicted octanol–water partition coefficient (Wildman–Crippen LogP) is 1.79. The summed E-state index contributed by atoms with van der Waals surface area (Å²) in [6, 6.07) is 0. The maximum atomic E-state index is 10.1. The molecule has 96 valence electrons. The molecule has 2 bridgehead atoms. The van der Waals surface area contributed by atoms with Crippen LogP contribution in [0.1, 0.15) is 36.3 Å². The van der Waals surface area contributed by atoms with Crippen LogP contribution in [0, 0.1) is 0 Å². The molecule has 2 unspecified atom stereocenters. The van der Waals surface area contributed by atoms with Gasteiger partial charge in [-0.05, 0) is 13.3 Å². The lowest BCUT2D eigenvalue weighted by atomic mass is 10.0. The minimum atomic E-state index is -0.128. The molecule has 0 aliphatic heterocycles. The van der Waals surface area contributed by atoms with E-state index in [1.54, 1.807) is 6.92 Å². The molecule has 0 saturated heterocycles. The molecule has 0 radical (unpaired) electrons. The van der Waals surface area contributed by atoms with E-state index in [0.29, 0.717) is 6.61 Å². The molecular weight excluding hydrogens is 254 g/mol. The molecule has 2 aliphatic carbocycles. The third-order valence-corrected chi connectivity index (χ3v) is 3.60. The van der Waals surface area contributed by atoms with Gasteiger partial charge < -0.3 is 19.8 Å². The molecular formula is C12H13NO4S. The van der Waals surface area contributed by atoms with E-state index in [4.69, 9.17) is 21.8 Å². The molecule has 6 heteroatoms. The largest absolute Gasteiger partial charge is 0.492 e. The Hall–Kier alpha value is -1.69. The van der Waals surface area contributed by atoms with Gasteiger partial charge in [0, 0.05) is 35.2 Å². The van der Waals surface area contributed by atoms with Crippen LogP contribution in [0.15, 0.2) is 12.2 Å². The van der Waals surface area contributed by atoms with Crippen LogP contribution in [0.5, 0.6) is 11.8 Å². The first-order valence-electron chi connectivity index (χ1n) is 5.83. The Labute approximate surface area is 109 Å². The molecule has 1 aromatic rings. The zero-order chi connectivity index (χ0) is 12.9. The van der Waals surface area contributed by atoms with Crippen LogP contribution in [0.2, 0.25) is 0 Å². The first-order valence-corrected chi connectivity index (χ1v) is 6.24. The Balaban J connectivity index is 1.96. The van der Waals surface area contributed by atoms with Crippen LogP contribution >= 0.6 is 12.2 Å². The number of aromatic hydroxyl groups is 2. The molecule has 2 aliphatic rings. The lowest BCUT2D eigenvalue weighted by Crippen LogP contribution is -2.20. The highest BCUT2D eigenvalue weighted by Crippen LogP contribution is 2.56. The van der Waals surface area contributed by atoms with E-state index in [2.05, 4.69) is 0 Å². The average Bonchev–Trinajstić information content (AvgIpc) is 2.99. The second-order valence-electron chi connectivity index (χ2n) is 4.38. The van der Waals surface area contributed by atoms with Gasteiger partial charge in [-0.3, -0.25) is 0 Å². The SMILES string of the molecule is CCOC(=S)On1c(O)c2c(c1O)C1C=CC2C1. The third kappa shape index (κ3) is 1.42. The summed E-state index contributed by atoms with van der Waals surface area (Å²) in [4.78, 5) is 5.14.